The molecule has 0 radical (unpaired) electrons. The molecular weight excluding hydrogens is 448 g/mol. The number of hydrogen-bond acceptors (Lipinski definition) is 6. The number of carbonyl (C=O) groups is 2. The standard InChI is InChI=1S/C23H23ClN4O3S/c1-3-28-21(14-25-22(30)13-10-16-6-4-5-7-19(16)24)26-27-23(28)32-15-20(29)17-8-11-18(31-2)12-9-17/h4-13H,3,14-15H2,1-2H3,(H,25,30). The molecule has 166 valence electrons. The SMILES string of the molecule is CCn1c(CNC(=O)C=Cc2ccccc2Cl)nnc1SCC(=O)c1ccc(OC)cc1. The predicted molar refractivity (Wildman–Crippen MR) is 126 cm³/mol. The fraction of sp³-hybridized carbons (Fsp3) is 0.217. The third-order valence-electron chi connectivity index (χ3n) is 4.59. The molecule has 3 aromatic rings. The lowest BCUT2D eigenvalue weighted by atomic mass is 10.1. The zero-order valence-corrected chi connectivity index (χ0v) is 19.3. The number of halogens is 1. The van der Waals surface area contributed by atoms with Crippen molar-refractivity contribution in [1.29, 1.82) is 0 Å². The summed E-state index contributed by atoms with van der Waals surface area (Å²) in [5, 5.41) is 12.4. The molecule has 0 aliphatic heterocycles. The van der Waals surface area contributed by atoms with E-state index in [2.05, 4.69) is 15.5 Å². The summed E-state index contributed by atoms with van der Waals surface area (Å²) >= 11 is 7.41. The third-order valence-corrected chi connectivity index (χ3v) is 5.91. The molecule has 0 saturated heterocycles. The first-order chi connectivity index (χ1) is 15.5. The highest BCUT2D eigenvalue weighted by Crippen LogP contribution is 2.20. The van der Waals surface area contributed by atoms with Gasteiger partial charge in [0.15, 0.2) is 16.8 Å². The first kappa shape index (κ1) is 23.6. The Morgan fingerprint density at radius 1 is 1.16 bits per heavy atom. The molecule has 3 rings (SSSR count). The molecule has 0 atom stereocenters. The lowest BCUT2D eigenvalue weighted by Gasteiger charge is -2.08. The summed E-state index contributed by atoms with van der Waals surface area (Å²) < 4.78 is 6.99. The number of amides is 1. The van der Waals surface area contributed by atoms with Gasteiger partial charge in [0.25, 0.3) is 0 Å². The number of hydrogen-bond donors (Lipinski definition) is 1. The largest absolute Gasteiger partial charge is 0.497 e. The third kappa shape index (κ3) is 6.21. The highest BCUT2D eigenvalue weighted by molar-refractivity contribution is 7.99. The lowest BCUT2D eigenvalue weighted by molar-refractivity contribution is -0.116. The number of nitrogens with one attached hydrogen (secondary N) is 1. The van der Waals surface area contributed by atoms with E-state index in [-0.39, 0.29) is 24.0 Å². The van der Waals surface area contributed by atoms with Gasteiger partial charge >= 0.3 is 0 Å². The van der Waals surface area contributed by atoms with Gasteiger partial charge in [-0.3, -0.25) is 9.59 Å². The maximum Gasteiger partial charge on any atom is 0.244 e. The minimum absolute atomic E-state index is 0.0112. The summed E-state index contributed by atoms with van der Waals surface area (Å²) in [7, 11) is 1.58. The van der Waals surface area contributed by atoms with Crippen LogP contribution in [0.5, 0.6) is 5.75 Å². The van der Waals surface area contributed by atoms with Crippen molar-refractivity contribution in [1.82, 2.24) is 20.1 Å². The van der Waals surface area contributed by atoms with Crippen molar-refractivity contribution >= 4 is 41.1 Å². The lowest BCUT2D eigenvalue weighted by Crippen LogP contribution is -2.22. The minimum Gasteiger partial charge on any atom is -0.497 e. The second-order valence-corrected chi connectivity index (χ2v) is 8.01. The van der Waals surface area contributed by atoms with E-state index in [1.807, 2.05) is 29.7 Å². The highest BCUT2D eigenvalue weighted by atomic mass is 35.5. The van der Waals surface area contributed by atoms with E-state index in [4.69, 9.17) is 16.3 Å². The number of benzene rings is 2. The Morgan fingerprint density at radius 2 is 1.91 bits per heavy atom. The zero-order valence-electron chi connectivity index (χ0n) is 17.7. The fourth-order valence-corrected chi connectivity index (χ4v) is 3.98. The molecule has 0 aliphatic carbocycles. The first-order valence-corrected chi connectivity index (χ1v) is 11.3. The van der Waals surface area contributed by atoms with Crippen LogP contribution in [-0.2, 0) is 17.9 Å². The van der Waals surface area contributed by atoms with E-state index in [1.54, 1.807) is 43.5 Å². The Balaban J connectivity index is 1.56. The van der Waals surface area contributed by atoms with Crippen LogP contribution in [0.25, 0.3) is 6.08 Å². The van der Waals surface area contributed by atoms with Crippen molar-refractivity contribution in [2.75, 3.05) is 12.9 Å². The number of nitrogens with zero attached hydrogens (tertiary/aromatic N) is 3. The van der Waals surface area contributed by atoms with E-state index in [0.717, 1.165) is 5.56 Å². The fourth-order valence-electron chi connectivity index (χ4n) is 2.87. The van der Waals surface area contributed by atoms with E-state index in [9.17, 15) is 9.59 Å². The number of thioether (sulfide) groups is 1. The zero-order chi connectivity index (χ0) is 22.9. The minimum atomic E-state index is -0.264. The molecule has 9 heteroatoms. The van der Waals surface area contributed by atoms with Gasteiger partial charge in [0, 0.05) is 23.2 Å². The molecule has 0 bridgehead atoms. The van der Waals surface area contributed by atoms with Crippen molar-refractivity contribution in [2.45, 2.75) is 25.2 Å². The number of methoxy groups -OCH3 is 1. The van der Waals surface area contributed by atoms with Crippen LogP contribution < -0.4 is 10.1 Å². The van der Waals surface area contributed by atoms with E-state index < -0.39 is 0 Å². The molecule has 0 fully saturated rings. The molecular formula is C23H23ClN4O3S. The molecule has 1 amide bonds. The normalized spacial score (nSPS) is 11.0. The second-order valence-electron chi connectivity index (χ2n) is 6.66. The summed E-state index contributed by atoms with van der Waals surface area (Å²) in [6.07, 6.45) is 3.09. The molecule has 1 aromatic heterocycles. The summed E-state index contributed by atoms with van der Waals surface area (Å²) in [5.41, 5.74) is 1.37. The van der Waals surface area contributed by atoms with Crippen molar-refractivity contribution in [3.63, 3.8) is 0 Å². The number of rotatable bonds is 10. The molecule has 1 heterocycles. The summed E-state index contributed by atoms with van der Waals surface area (Å²) in [4.78, 5) is 24.6. The monoisotopic (exact) mass is 470 g/mol. The van der Waals surface area contributed by atoms with Gasteiger partial charge in [-0.25, -0.2) is 0 Å². The van der Waals surface area contributed by atoms with E-state index in [1.165, 1.54) is 17.8 Å². The summed E-state index contributed by atoms with van der Waals surface area (Å²) in [6, 6.07) is 14.3. The van der Waals surface area contributed by atoms with Crippen LogP contribution in [0.2, 0.25) is 5.02 Å². The Kier molecular flexibility index (Phi) is 8.47. The highest BCUT2D eigenvalue weighted by Gasteiger charge is 2.14. The van der Waals surface area contributed by atoms with E-state index in [0.29, 0.717) is 33.9 Å². The molecule has 2 aromatic carbocycles. The van der Waals surface area contributed by atoms with Gasteiger partial charge in [0.1, 0.15) is 5.75 Å². The Bertz CT molecular complexity index is 1110. The van der Waals surface area contributed by atoms with Gasteiger partial charge in [-0.2, -0.15) is 0 Å². The Hall–Kier alpha value is -3.10. The van der Waals surface area contributed by atoms with Gasteiger partial charge in [-0.05, 0) is 48.9 Å². The molecule has 0 spiro atoms. The van der Waals surface area contributed by atoms with Crippen LogP contribution in [0.4, 0.5) is 0 Å². The predicted octanol–water partition coefficient (Wildman–Crippen LogP) is 4.26. The smallest absolute Gasteiger partial charge is 0.244 e. The quantitative estimate of drug-likeness (QED) is 0.270. The van der Waals surface area contributed by atoms with Gasteiger partial charge in [0.05, 0.1) is 19.4 Å². The van der Waals surface area contributed by atoms with Crippen LogP contribution in [0.1, 0.15) is 28.7 Å². The van der Waals surface area contributed by atoms with Crippen LogP contribution in [0.3, 0.4) is 0 Å². The van der Waals surface area contributed by atoms with Gasteiger partial charge in [0.2, 0.25) is 5.91 Å². The molecule has 0 saturated carbocycles. The van der Waals surface area contributed by atoms with Crippen molar-refractivity contribution in [3.05, 3.63) is 76.6 Å². The van der Waals surface area contributed by atoms with Gasteiger partial charge < -0.3 is 14.6 Å². The topological polar surface area (TPSA) is 86.1 Å². The summed E-state index contributed by atoms with van der Waals surface area (Å²) in [5.74, 6) is 1.28. The average Bonchev–Trinajstić information content (AvgIpc) is 3.22. The van der Waals surface area contributed by atoms with Crippen molar-refractivity contribution in [2.24, 2.45) is 0 Å². The maximum absolute atomic E-state index is 12.5. The van der Waals surface area contributed by atoms with Crippen LogP contribution in [-0.4, -0.2) is 39.3 Å². The second kappa shape index (κ2) is 11.5. The van der Waals surface area contributed by atoms with Crippen LogP contribution >= 0.6 is 23.4 Å². The Labute approximate surface area is 195 Å². The average molecular weight is 471 g/mol. The molecule has 7 nitrogen and oxygen atoms in total. The number of aromatic nitrogens is 3. The van der Waals surface area contributed by atoms with Gasteiger partial charge in [-0.1, -0.05) is 41.6 Å². The van der Waals surface area contributed by atoms with Crippen LogP contribution in [0, 0.1) is 0 Å². The van der Waals surface area contributed by atoms with Gasteiger partial charge in [-0.15, -0.1) is 10.2 Å². The van der Waals surface area contributed by atoms with Crippen molar-refractivity contribution < 1.29 is 14.3 Å². The molecule has 0 unspecified atom stereocenters. The summed E-state index contributed by atoms with van der Waals surface area (Å²) in [6.45, 7) is 2.80. The number of Topliss-reactive ketones (excluding diaryl/α,β-unsaturated/α-hetero) is 1. The molecule has 0 aliphatic rings. The maximum atomic E-state index is 12.5. The Morgan fingerprint density at radius 3 is 2.59 bits per heavy atom. The van der Waals surface area contributed by atoms with Crippen molar-refractivity contribution in [3.8, 4) is 5.75 Å². The number of ether oxygens (including phenoxy) is 1. The number of ketones is 1. The molecule has 1 N–H and O–H groups in total. The number of carbonyl (C=O) groups excluding carboxylic acids is 2. The van der Waals surface area contributed by atoms with Crippen LogP contribution in [0.15, 0.2) is 59.8 Å². The first-order valence-electron chi connectivity index (χ1n) is 9.94. The van der Waals surface area contributed by atoms with E-state index >= 15 is 0 Å². The molecule has 32 heavy (non-hydrogen) atoms.